The first kappa shape index (κ1) is 26.2. The van der Waals surface area contributed by atoms with E-state index >= 15 is 0 Å². The summed E-state index contributed by atoms with van der Waals surface area (Å²) in [5.74, 6) is 0. The number of nitrogens with zero attached hydrogens (tertiary/aromatic N) is 4. The average molecular weight is 470 g/mol. The van der Waals surface area contributed by atoms with E-state index in [1.54, 1.807) is 6.08 Å². The van der Waals surface area contributed by atoms with Gasteiger partial charge in [0.1, 0.15) is 6.17 Å². The highest BCUT2D eigenvalue weighted by Gasteiger charge is 2.34. The Balaban J connectivity index is 1.55. The van der Waals surface area contributed by atoms with Crippen LogP contribution in [0.5, 0.6) is 0 Å². The second kappa shape index (κ2) is 12.4. The number of hydrogen-bond acceptors (Lipinski definition) is 8. The first-order valence-corrected chi connectivity index (χ1v) is 12.4. The molecule has 0 bridgehead atoms. The minimum absolute atomic E-state index is 0.00488. The number of likely N-dealkylation sites (N-methyl/N-ethyl adjacent to an activating group) is 1. The van der Waals surface area contributed by atoms with Crippen LogP contribution >= 0.6 is 0 Å². The van der Waals surface area contributed by atoms with Crippen molar-refractivity contribution in [3.8, 4) is 0 Å². The Morgan fingerprint density at radius 3 is 2.82 bits per heavy atom. The van der Waals surface area contributed by atoms with Crippen molar-refractivity contribution in [3.63, 3.8) is 0 Å². The molecule has 1 saturated heterocycles. The van der Waals surface area contributed by atoms with Crippen molar-refractivity contribution in [1.29, 1.82) is 0 Å². The van der Waals surface area contributed by atoms with Gasteiger partial charge in [0.05, 0.1) is 6.54 Å². The molecule has 1 unspecified atom stereocenters. The van der Waals surface area contributed by atoms with Crippen LogP contribution in [0, 0.1) is 0 Å². The Morgan fingerprint density at radius 1 is 1.32 bits per heavy atom. The van der Waals surface area contributed by atoms with Gasteiger partial charge in [-0.3, -0.25) is 15.1 Å². The number of aliphatic imine (C=N–C) groups is 1. The van der Waals surface area contributed by atoms with Crippen LogP contribution in [0.15, 0.2) is 63.6 Å². The van der Waals surface area contributed by atoms with E-state index in [0.29, 0.717) is 12.6 Å². The number of allylic oxidation sites excluding steroid dienone is 5. The van der Waals surface area contributed by atoms with Crippen molar-refractivity contribution in [2.45, 2.75) is 65.2 Å². The maximum absolute atomic E-state index is 10.3. The van der Waals surface area contributed by atoms with Gasteiger partial charge in [0, 0.05) is 61.9 Å². The number of rotatable bonds is 9. The van der Waals surface area contributed by atoms with Crippen LogP contribution in [0.4, 0.5) is 0 Å². The molecule has 8 heteroatoms. The van der Waals surface area contributed by atoms with Gasteiger partial charge in [0.15, 0.2) is 0 Å². The number of piperidine rings is 1. The summed E-state index contributed by atoms with van der Waals surface area (Å²) in [4.78, 5) is 7.36. The third-order valence-electron chi connectivity index (χ3n) is 6.79. The minimum Gasteiger partial charge on any atom is -0.405 e. The van der Waals surface area contributed by atoms with Crippen molar-refractivity contribution in [3.05, 3.63) is 58.6 Å². The largest absolute Gasteiger partial charge is 0.405 e. The van der Waals surface area contributed by atoms with E-state index in [1.165, 1.54) is 33.8 Å². The molecule has 2 heterocycles. The Kier molecular flexibility index (Phi) is 9.53. The Morgan fingerprint density at radius 2 is 2.12 bits per heavy atom. The zero-order valence-corrected chi connectivity index (χ0v) is 21.5. The Labute approximate surface area is 205 Å². The average Bonchev–Trinajstić information content (AvgIpc) is 3.15. The van der Waals surface area contributed by atoms with Gasteiger partial charge in [0.25, 0.3) is 0 Å². The number of nitrogens with one attached hydrogen (secondary N) is 2. The second-order valence-electron chi connectivity index (χ2n) is 9.67. The molecule has 0 radical (unpaired) electrons. The summed E-state index contributed by atoms with van der Waals surface area (Å²) in [6, 6.07) is 0.742. The molecule has 2 aliphatic heterocycles. The van der Waals surface area contributed by atoms with Gasteiger partial charge < -0.3 is 16.4 Å². The van der Waals surface area contributed by atoms with Crippen molar-refractivity contribution >= 4 is 6.21 Å². The summed E-state index contributed by atoms with van der Waals surface area (Å²) in [5.41, 5.74) is 11.7. The maximum Gasteiger partial charge on any atom is 0.115 e. The predicted octanol–water partition coefficient (Wildman–Crippen LogP) is 2.89. The highest BCUT2D eigenvalue weighted by molar-refractivity contribution is 5.81. The van der Waals surface area contributed by atoms with Crippen molar-refractivity contribution in [2.75, 3.05) is 33.2 Å². The van der Waals surface area contributed by atoms with Crippen LogP contribution in [0.2, 0.25) is 0 Å². The molecule has 1 fully saturated rings. The van der Waals surface area contributed by atoms with E-state index < -0.39 is 0 Å². The number of nitrogens with two attached hydrogens (primary N) is 1. The van der Waals surface area contributed by atoms with Crippen LogP contribution in [-0.4, -0.2) is 78.0 Å². The number of hydrogen-bond donors (Lipinski definition) is 4. The van der Waals surface area contributed by atoms with Crippen LogP contribution in [0.3, 0.4) is 0 Å². The molecule has 3 aliphatic rings. The van der Waals surface area contributed by atoms with E-state index in [9.17, 15) is 5.21 Å². The van der Waals surface area contributed by atoms with Crippen LogP contribution in [0.25, 0.3) is 0 Å². The predicted molar refractivity (Wildman–Crippen MR) is 140 cm³/mol. The Bertz CT molecular complexity index is 886. The topological polar surface area (TPSA) is 92.4 Å². The quantitative estimate of drug-likeness (QED) is 0.305. The van der Waals surface area contributed by atoms with Crippen LogP contribution < -0.4 is 16.4 Å². The highest BCUT2D eigenvalue weighted by atomic mass is 16.5. The van der Waals surface area contributed by atoms with Gasteiger partial charge in [-0.05, 0) is 64.8 Å². The lowest BCUT2D eigenvalue weighted by atomic mass is 9.98. The molecule has 3 atom stereocenters. The molecule has 0 amide bonds. The van der Waals surface area contributed by atoms with E-state index in [1.807, 2.05) is 18.3 Å². The molecule has 0 aromatic rings. The molecule has 0 saturated carbocycles. The third kappa shape index (κ3) is 7.06. The molecule has 188 valence electrons. The molecular formula is C26H43N7O. The minimum atomic E-state index is -0.00488. The fourth-order valence-corrected chi connectivity index (χ4v) is 5.01. The second-order valence-corrected chi connectivity index (χ2v) is 9.67. The molecule has 1 aliphatic carbocycles. The smallest absolute Gasteiger partial charge is 0.115 e. The van der Waals surface area contributed by atoms with Gasteiger partial charge in [-0.25, -0.2) is 5.01 Å². The van der Waals surface area contributed by atoms with E-state index in [-0.39, 0.29) is 12.2 Å². The van der Waals surface area contributed by atoms with Crippen LogP contribution in [0.1, 0.15) is 47.0 Å². The van der Waals surface area contributed by atoms with Gasteiger partial charge in [0.2, 0.25) is 0 Å². The Hall–Kier alpha value is -2.39. The van der Waals surface area contributed by atoms with E-state index in [2.05, 4.69) is 61.5 Å². The zero-order valence-electron chi connectivity index (χ0n) is 21.5. The lowest BCUT2D eigenvalue weighted by Gasteiger charge is -2.43. The molecular weight excluding hydrogens is 426 g/mol. The molecule has 5 N–H and O–H groups in total. The number of hydroxylamine groups is 1. The summed E-state index contributed by atoms with van der Waals surface area (Å²) in [6.07, 6.45) is 14.9. The molecule has 34 heavy (non-hydrogen) atoms. The molecule has 0 spiro atoms. The summed E-state index contributed by atoms with van der Waals surface area (Å²) >= 11 is 0. The van der Waals surface area contributed by atoms with Gasteiger partial charge >= 0.3 is 0 Å². The van der Waals surface area contributed by atoms with Gasteiger partial charge in [-0.1, -0.05) is 23.8 Å². The fraction of sp³-hybridized carbons (Fsp3) is 0.577. The van der Waals surface area contributed by atoms with Crippen molar-refractivity contribution in [2.24, 2.45) is 10.7 Å². The fourth-order valence-electron chi connectivity index (χ4n) is 5.01. The van der Waals surface area contributed by atoms with E-state index in [0.717, 1.165) is 44.6 Å². The summed E-state index contributed by atoms with van der Waals surface area (Å²) in [5, 5.41) is 20.6. The van der Waals surface area contributed by atoms with E-state index in [4.69, 9.17) is 10.7 Å². The van der Waals surface area contributed by atoms with Gasteiger partial charge in [-0.15, -0.1) is 5.17 Å². The first-order chi connectivity index (χ1) is 16.3. The molecule has 8 nitrogen and oxygen atoms in total. The third-order valence-corrected chi connectivity index (χ3v) is 6.79. The zero-order chi connectivity index (χ0) is 24.7. The summed E-state index contributed by atoms with van der Waals surface area (Å²) in [6.45, 7) is 11.6. The molecule has 3 rings (SSSR count). The molecule has 0 aromatic carbocycles. The molecule has 0 aromatic heterocycles. The number of hydrazine groups is 1. The standard InChI is InChI=1S/C26H43N7O/c1-19-7-8-24(14-20(2)13-19)30-22(4)29-16-23-17-31(18-26(23)28-5)25-9-12-32(21(3)15-25)33(34)11-6-10-27/h6,8,10,13-14,16,21-22,25,28,30,34H,7,9,11-12,15,17-18,27H2,1-5H3/b10-6-,29-16?/t21-,22?,25-/m1/s1. The monoisotopic (exact) mass is 469 g/mol. The lowest BCUT2D eigenvalue weighted by molar-refractivity contribution is -0.262. The van der Waals surface area contributed by atoms with Crippen LogP contribution in [-0.2, 0) is 0 Å². The summed E-state index contributed by atoms with van der Waals surface area (Å²) < 4.78 is 0. The normalized spacial score (nSPS) is 26.1. The SMILES string of the molecule is CNC1=C(C=NC(C)NC2=CCC(C)=CC(C)=C2)CN([C@@H]2CCN(N(O)C/C=C\N)[C@H](C)C2)C1. The first-order valence-electron chi connectivity index (χ1n) is 12.4. The summed E-state index contributed by atoms with van der Waals surface area (Å²) in [7, 11) is 1.99. The van der Waals surface area contributed by atoms with Crippen molar-refractivity contribution < 1.29 is 5.21 Å². The maximum atomic E-state index is 10.3. The lowest BCUT2D eigenvalue weighted by Crippen LogP contribution is -2.54. The van der Waals surface area contributed by atoms with Crippen molar-refractivity contribution in [1.82, 2.24) is 25.7 Å². The van der Waals surface area contributed by atoms with Gasteiger partial charge in [-0.2, -0.15) is 0 Å². The highest BCUT2D eigenvalue weighted by Crippen LogP contribution is 2.27.